The molecule has 136 valence electrons. The molecule has 0 aliphatic carbocycles. The third kappa shape index (κ3) is 5.35. The highest BCUT2D eigenvalue weighted by Crippen LogP contribution is 2.28. The van der Waals surface area contributed by atoms with Crippen LogP contribution in [-0.2, 0) is 9.59 Å². The molecule has 2 N–H and O–H groups in total. The maximum atomic E-state index is 12.6. The number of anilines is 1. The first-order valence-corrected chi connectivity index (χ1v) is 8.50. The molecule has 0 unspecified atom stereocenters. The minimum Gasteiger partial charge on any atom is -0.493 e. The van der Waals surface area contributed by atoms with Crippen LogP contribution in [0.25, 0.3) is 6.08 Å². The lowest BCUT2D eigenvalue weighted by Crippen LogP contribution is -2.28. The van der Waals surface area contributed by atoms with Crippen molar-refractivity contribution >= 4 is 39.5 Å². The van der Waals surface area contributed by atoms with E-state index < -0.39 is 5.91 Å². The average molecular weight is 419 g/mol. The van der Waals surface area contributed by atoms with Crippen LogP contribution >= 0.6 is 15.9 Å². The Balaban J connectivity index is 2.30. The summed E-state index contributed by atoms with van der Waals surface area (Å²) in [5.74, 6) is 0.321. The van der Waals surface area contributed by atoms with Crippen molar-refractivity contribution in [1.82, 2.24) is 5.32 Å². The molecular formula is C19H19BrN2O4. The van der Waals surface area contributed by atoms with Crippen LogP contribution in [0.2, 0.25) is 0 Å². The first-order chi connectivity index (χ1) is 12.4. The zero-order valence-corrected chi connectivity index (χ0v) is 16.2. The highest BCUT2D eigenvalue weighted by atomic mass is 79.9. The Morgan fingerprint density at radius 2 is 1.65 bits per heavy atom. The molecule has 2 aromatic rings. The van der Waals surface area contributed by atoms with Gasteiger partial charge >= 0.3 is 0 Å². The molecule has 26 heavy (non-hydrogen) atoms. The van der Waals surface area contributed by atoms with Crippen molar-refractivity contribution in [1.29, 1.82) is 0 Å². The molecule has 0 atom stereocenters. The Hall–Kier alpha value is -2.80. The molecule has 2 rings (SSSR count). The fourth-order valence-corrected chi connectivity index (χ4v) is 2.45. The zero-order valence-electron chi connectivity index (χ0n) is 14.6. The molecule has 7 heteroatoms. The van der Waals surface area contributed by atoms with E-state index in [1.54, 1.807) is 43.5 Å². The van der Waals surface area contributed by atoms with Gasteiger partial charge in [-0.25, -0.2) is 0 Å². The smallest absolute Gasteiger partial charge is 0.272 e. The van der Waals surface area contributed by atoms with Gasteiger partial charge in [0, 0.05) is 17.1 Å². The standard InChI is InChI=1S/C19H19BrN2O4/c1-12(23)21-16(19(24)22-15-7-5-14(20)6-8-15)10-13-4-9-17(25-2)18(11-13)26-3/h4-11H,1-3H3,(H,21,23)(H,22,24). The summed E-state index contributed by atoms with van der Waals surface area (Å²) in [6.45, 7) is 1.34. The summed E-state index contributed by atoms with van der Waals surface area (Å²) in [4.78, 5) is 24.0. The second kappa shape index (κ2) is 9.05. The maximum Gasteiger partial charge on any atom is 0.272 e. The molecule has 0 bridgehead atoms. The molecular weight excluding hydrogens is 400 g/mol. The Labute approximate surface area is 160 Å². The summed E-state index contributed by atoms with van der Waals surface area (Å²) < 4.78 is 11.4. The van der Waals surface area contributed by atoms with Crippen molar-refractivity contribution in [2.75, 3.05) is 19.5 Å². The number of carbonyl (C=O) groups is 2. The molecule has 2 amide bonds. The van der Waals surface area contributed by atoms with Gasteiger partial charge in [-0.1, -0.05) is 22.0 Å². The summed E-state index contributed by atoms with van der Waals surface area (Å²) in [5, 5.41) is 5.30. The monoisotopic (exact) mass is 418 g/mol. The van der Waals surface area contributed by atoms with Crippen molar-refractivity contribution in [3.8, 4) is 11.5 Å². The second-order valence-corrected chi connectivity index (χ2v) is 6.23. The minimum atomic E-state index is -0.433. The van der Waals surface area contributed by atoms with Crippen LogP contribution in [0.5, 0.6) is 11.5 Å². The van der Waals surface area contributed by atoms with E-state index in [-0.39, 0.29) is 11.6 Å². The van der Waals surface area contributed by atoms with E-state index in [0.29, 0.717) is 22.7 Å². The van der Waals surface area contributed by atoms with E-state index in [2.05, 4.69) is 26.6 Å². The van der Waals surface area contributed by atoms with Gasteiger partial charge in [0.25, 0.3) is 5.91 Å². The number of halogens is 1. The second-order valence-electron chi connectivity index (χ2n) is 5.31. The lowest BCUT2D eigenvalue weighted by atomic mass is 10.1. The van der Waals surface area contributed by atoms with Gasteiger partial charge < -0.3 is 20.1 Å². The minimum absolute atomic E-state index is 0.118. The summed E-state index contributed by atoms with van der Waals surface area (Å²) in [6.07, 6.45) is 1.57. The first kappa shape index (κ1) is 19.5. The first-order valence-electron chi connectivity index (χ1n) is 7.71. The van der Waals surface area contributed by atoms with E-state index in [1.807, 2.05) is 12.1 Å². The van der Waals surface area contributed by atoms with Gasteiger partial charge in [0.15, 0.2) is 11.5 Å². The van der Waals surface area contributed by atoms with Gasteiger partial charge in [-0.2, -0.15) is 0 Å². The van der Waals surface area contributed by atoms with E-state index in [9.17, 15) is 9.59 Å². The number of amides is 2. The molecule has 6 nitrogen and oxygen atoms in total. The Morgan fingerprint density at radius 1 is 1.00 bits per heavy atom. The molecule has 0 aliphatic heterocycles. The summed E-state index contributed by atoms with van der Waals surface area (Å²) >= 11 is 3.34. The van der Waals surface area contributed by atoms with E-state index in [4.69, 9.17) is 9.47 Å². The lowest BCUT2D eigenvalue weighted by Gasteiger charge is -2.11. The Kier molecular flexibility index (Phi) is 6.80. The highest BCUT2D eigenvalue weighted by Gasteiger charge is 2.13. The van der Waals surface area contributed by atoms with Crippen LogP contribution in [-0.4, -0.2) is 26.0 Å². The Bertz CT molecular complexity index is 832. The zero-order chi connectivity index (χ0) is 19.1. The van der Waals surface area contributed by atoms with Crippen molar-refractivity contribution in [2.24, 2.45) is 0 Å². The average Bonchev–Trinajstić information content (AvgIpc) is 2.62. The number of ether oxygens (including phenoxy) is 2. The number of rotatable bonds is 6. The number of carbonyl (C=O) groups excluding carboxylic acids is 2. The van der Waals surface area contributed by atoms with E-state index >= 15 is 0 Å². The van der Waals surface area contributed by atoms with Crippen LogP contribution in [0.15, 0.2) is 52.6 Å². The summed E-state index contributed by atoms with van der Waals surface area (Å²) in [6, 6.07) is 12.3. The SMILES string of the molecule is COc1ccc(C=C(NC(C)=O)C(=O)Nc2ccc(Br)cc2)cc1OC. The van der Waals surface area contributed by atoms with Gasteiger partial charge in [0.1, 0.15) is 5.70 Å². The van der Waals surface area contributed by atoms with Crippen molar-refractivity contribution < 1.29 is 19.1 Å². The van der Waals surface area contributed by atoms with Crippen LogP contribution in [0, 0.1) is 0 Å². The van der Waals surface area contributed by atoms with Gasteiger partial charge in [0.2, 0.25) is 5.91 Å². The molecule has 0 spiro atoms. The van der Waals surface area contributed by atoms with E-state index in [0.717, 1.165) is 4.47 Å². The van der Waals surface area contributed by atoms with Crippen molar-refractivity contribution in [3.05, 3.63) is 58.2 Å². The lowest BCUT2D eigenvalue weighted by molar-refractivity contribution is -0.120. The van der Waals surface area contributed by atoms with Crippen molar-refractivity contribution in [3.63, 3.8) is 0 Å². The third-order valence-electron chi connectivity index (χ3n) is 3.38. The predicted octanol–water partition coefficient (Wildman–Crippen LogP) is 3.58. The topological polar surface area (TPSA) is 76.7 Å². The van der Waals surface area contributed by atoms with Crippen LogP contribution in [0.3, 0.4) is 0 Å². The largest absolute Gasteiger partial charge is 0.493 e. The molecule has 0 fully saturated rings. The molecule has 0 radical (unpaired) electrons. The molecule has 0 heterocycles. The van der Waals surface area contributed by atoms with Crippen molar-refractivity contribution in [2.45, 2.75) is 6.92 Å². The van der Waals surface area contributed by atoms with Gasteiger partial charge in [-0.3, -0.25) is 9.59 Å². The fraction of sp³-hybridized carbons (Fsp3) is 0.158. The number of hydrogen-bond donors (Lipinski definition) is 2. The molecule has 0 saturated carbocycles. The van der Waals surface area contributed by atoms with Crippen LogP contribution < -0.4 is 20.1 Å². The highest BCUT2D eigenvalue weighted by molar-refractivity contribution is 9.10. The molecule has 0 saturated heterocycles. The normalized spacial score (nSPS) is 10.8. The van der Waals surface area contributed by atoms with Gasteiger partial charge in [-0.05, 0) is 48.0 Å². The number of hydrogen-bond acceptors (Lipinski definition) is 4. The molecule has 0 aromatic heterocycles. The van der Waals surface area contributed by atoms with Gasteiger partial charge in [-0.15, -0.1) is 0 Å². The van der Waals surface area contributed by atoms with Crippen LogP contribution in [0.1, 0.15) is 12.5 Å². The number of nitrogens with one attached hydrogen (secondary N) is 2. The van der Waals surface area contributed by atoms with Gasteiger partial charge in [0.05, 0.1) is 14.2 Å². The van der Waals surface area contributed by atoms with Crippen LogP contribution in [0.4, 0.5) is 5.69 Å². The third-order valence-corrected chi connectivity index (χ3v) is 3.90. The predicted molar refractivity (Wildman–Crippen MR) is 104 cm³/mol. The molecule has 2 aromatic carbocycles. The molecule has 0 aliphatic rings. The quantitative estimate of drug-likeness (QED) is 0.702. The van der Waals surface area contributed by atoms with E-state index in [1.165, 1.54) is 14.0 Å². The maximum absolute atomic E-state index is 12.6. The fourth-order valence-electron chi connectivity index (χ4n) is 2.19. The number of benzene rings is 2. The number of methoxy groups -OCH3 is 2. The summed E-state index contributed by atoms with van der Waals surface area (Å²) in [5.41, 5.74) is 1.41. The summed E-state index contributed by atoms with van der Waals surface area (Å²) in [7, 11) is 3.07. The Morgan fingerprint density at radius 3 is 2.23 bits per heavy atom.